The molecule has 0 atom stereocenters. The number of nitrogens with one attached hydrogen (secondary N) is 1. The molecule has 1 amide bonds. The van der Waals surface area contributed by atoms with Crippen molar-refractivity contribution in [3.8, 4) is 11.3 Å². The molecule has 0 bridgehead atoms. The molecule has 31 heavy (non-hydrogen) atoms. The van der Waals surface area contributed by atoms with E-state index in [0.717, 1.165) is 33.0 Å². The highest BCUT2D eigenvalue weighted by Crippen LogP contribution is 2.25. The van der Waals surface area contributed by atoms with Crippen LogP contribution in [0.3, 0.4) is 0 Å². The Kier molecular flexibility index (Phi) is 5.33. The molecule has 0 saturated carbocycles. The van der Waals surface area contributed by atoms with Crippen LogP contribution in [0.1, 0.15) is 22.9 Å². The largest absolute Gasteiger partial charge is 0.345 e. The Morgan fingerprint density at radius 1 is 0.871 bits per heavy atom. The highest BCUT2D eigenvalue weighted by molar-refractivity contribution is 7.15. The van der Waals surface area contributed by atoms with Crippen molar-refractivity contribution < 1.29 is 4.79 Å². The first-order chi connectivity index (χ1) is 15.3. The quantitative estimate of drug-likeness (QED) is 0.391. The van der Waals surface area contributed by atoms with Crippen LogP contribution in [0.25, 0.3) is 16.2 Å². The van der Waals surface area contributed by atoms with Gasteiger partial charge in [-0.25, -0.2) is 4.98 Å². The second-order valence-corrected chi connectivity index (χ2v) is 8.21. The molecule has 5 aromatic rings. The molecule has 0 unspecified atom stereocenters. The Hall–Kier alpha value is -3.70. The van der Waals surface area contributed by atoms with Crippen LogP contribution in [0.5, 0.6) is 0 Å². The average molecular weight is 424 g/mol. The fourth-order valence-corrected chi connectivity index (χ4v) is 4.60. The molecule has 0 aliphatic heterocycles. The number of benzene rings is 3. The van der Waals surface area contributed by atoms with Gasteiger partial charge in [0.25, 0.3) is 0 Å². The summed E-state index contributed by atoms with van der Waals surface area (Å²) < 4.78 is 2.02. The van der Waals surface area contributed by atoms with Crippen molar-refractivity contribution in [2.75, 3.05) is 0 Å². The van der Waals surface area contributed by atoms with E-state index in [-0.39, 0.29) is 11.9 Å². The summed E-state index contributed by atoms with van der Waals surface area (Å²) in [6.45, 7) is 0. The van der Waals surface area contributed by atoms with Gasteiger partial charge in [-0.15, -0.1) is 11.3 Å². The standard InChI is InChI=1S/C26H21N3OS/c30-24(28-25(20-12-6-2-7-13-20)21-14-8-3-9-15-21)16-22-18-31-26-27-23(17-29(22)26)19-10-4-1-5-11-19/h1-15,17-18,25H,16H2,(H,28,30). The summed E-state index contributed by atoms with van der Waals surface area (Å²) in [5, 5.41) is 5.23. The molecule has 5 heteroatoms. The highest BCUT2D eigenvalue weighted by Gasteiger charge is 2.18. The molecule has 4 nitrogen and oxygen atoms in total. The van der Waals surface area contributed by atoms with Gasteiger partial charge in [-0.1, -0.05) is 91.0 Å². The van der Waals surface area contributed by atoms with Crippen LogP contribution in [0, 0.1) is 0 Å². The number of nitrogens with zero attached hydrogens (tertiary/aromatic N) is 2. The van der Waals surface area contributed by atoms with Crippen molar-refractivity contribution in [1.82, 2.24) is 14.7 Å². The Morgan fingerprint density at radius 2 is 1.45 bits per heavy atom. The molecule has 2 heterocycles. The lowest BCUT2D eigenvalue weighted by Gasteiger charge is -2.20. The summed E-state index contributed by atoms with van der Waals surface area (Å²) in [6, 6.07) is 30.0. The number of hydrogen-bond donors (Lipinski definition) is 1. The lowest BCUT2D eigenvalue weighted by atomic mass is 9.98. The number of carbonyl (C=O) groups is 1. The maximum Gasteiger partial charge on any atom is 0.226 e. The smallest absolute Gasteiger partial charge is 0.226 e. The van der Waals surface area contributed by atoms with Gasteiger partial charge < -0.3 is 5.32 Å². The first-order valence-corrected chi connectivity index (χ1v) is 11.1. The van der Waals surface area contributed by atoms with Crippen LogP contribution >= 0.6 is 11.3 Å². The molecule has 0 aliphatic rings. The van der Waals surface area contributed by atoms with Crippen molar-refractivity contribution >= 4 is 22.2 Å². The van der Waals surface area contributed by atoms with Crippen LogP contribution in [0.15, 0.2) is 103 Å². The number of rotatable bonds is 6. The van der Waals surface area contributed by atoms with E-state index in [1.54, 1.807) is 11.3 Å². The Balaban J connectivity index is 1.39. The number of hydrogen-bond acceptors (Lipinski definition) is 3. The van der Waals surface area contributed by atoms with E-state index >= 15 is 0 Å². The van der Waals surface area contributed by atoms with Crippen LogP contribution < -0.4 is 5.32 Å². The minimum Gasteiger partial charge on any atom is -0.345 e. The van der Waals surface area contributed by atoms with E-state index in [4.69, 9.17) is 4.98 Å². The summed E-state index contributed by atoms with van der Waals surface area (Å²) in [7, 11) is 0. The topological polar surface area (TPSA) is 46.4 Å². The third kappa shape index (κ3) is 4.13. The highest BCUT2D eigenvalue weighted by atomic mass is 32.1. The molecule has 0 radical (unpaired) electrons. The summed E-state index contributed by atoms with van der Waals surface area (Å²) in [5.41, 5.74) is 5.05. The summed E-state index contributed by atoms with van der Waals surface area (Å²) >= 11 is 1.55. The molecule has 0 aliphatic carbocycles. The van der Waals surface area contributed by atoms with Gasteiger partial charge in [0, 0.05) is 22.8 Å². The molecule has 1 N–H and O–H groups in total. The molecule has 0 spiro atoms. The zero-order valence-electron chi connectivity index (χ0n) is 16.8. The molecule has 3 aromatic carbocycles. The third-order valence-corrected chi connectivity index (χ3v) is 6.15. The molecule has 2 aromatic heterocycles. The number of imidazole rings is 1. The van der Waals surface area contributed by atoms with E-state index in [2.05, 4.69) is 5.32 Å². The first-order valence-electron chi connectivity index (χ1n) is 10.2. The maximum atomic E-state index is 13.0. The molecule has 0 fully saturated rings. The number of aromatic nitrogens is 2. The zero-order chi connectivity index (χ0) is 21.0. The van der Waals surface area contributed by atoms with E-state index in [1.165, 1.54) is 0 Å². The summed E-state index contributed by atoms with van der Waals surface area (Å²) in [6.07, 6.45) is 2.30. The van der Waals surface area contributed by atoms with Gasteiger partial charge in [-0.05, 0) is 11.1 Å². The Bertz CT molecular complexity index is 1250. The van der Waals surface area contributed by atoms with E-state index in [1.807, 2.05) is 107 Å². The van der Waals surface area contributed by atoms with E-state index in [0.29, 0.717) is 6.42 Å². The number of thiazole rings is 1. The van der Waals surface area contributed by atoms with Gasteiger partial charge in [-0.3, -0.25) is 9.20 Å². The van der Waals surface area contributed by atoms with Crippen molar-refractivity contribution in [3.05, 3.63) is 119 Å². The molecule has 0 saturated heterocycles. The number of fused-ring (bicyclic) bond motifs is 1. The van der Waals surface area contributed by atoms with Gasteiger partial charge >= 0.3 is 0 Å². The van der Waals surface area contributed by atoms with Crippen molar-refractivity contribution in [2.24, 2.45) is 0 Å². The first kappa shape index (κ1) is 19.3. The van der Waals surface area contributed by atoms with E-state index < -0.39 is 0 Å². The van der Waals surface area contributed by atoms with Gasteiger partial charge in [0.15, 0.2) is 4.96 Å². The maximum absolute atomic E-state index is 13.0. The lowest BCUT2D eigenvalue weighted by molar-refractivity contribution is -0.121. The minimum atomic E-state index is -0.188. The average Bonchev–Trinajstić information content (AvgIpc) is 3.41. The van der Waals surface area contributed by atoms with Gasteiger partial charge in [0.05, 0.1) is 18.2 Å². The molecular weight excluding hydrogens is 402 g/mol. The predicted molar refractivity (Wildman–Crippen MR) is 125 cm³/mol. The summed E-state index contributed by atoms with van der Waals surface area (Å²) in [5.74, 6) is -0.0210. The minimum absolute atomic E-state index is 0.0210. The predicted octanol–water partition coefficient (Wildman–Crippen LogP) is 5.51. The van der Waals surface area contributed by atoms with Gasteiger partial charge in [0.2, 0.25) is 5.91 Å². The van der Waals surface area contributed by atoms with Gasteiger partial charge in [0.1, 0.15) is 0 Å². The SMILES string of the molecule is O=C(Cc1csc2nc(-c3ccccc3)cn12)NC(c1ccccc1)c1ccccc1. The second-order valence-electron chi connectivity index (χ2n) is 7.37. The number of carbonyl (C=O) groups excluding carboxylic acids is 1. The Labute approximate surface area is 184 Å². The fourth-order valence-electron chi connectivity index (χ4n) is 3.73. The van der Waals surface area contributed by atoms with Crippen molar-refractivity contribution in [3.63, 3.8) is 0 Å². The zero-order valence-corrected chi connectivity index (χ0v) is 17.6. The van der Waals surface area contributed by atoms with Crippen LogP contribution in [-0.4, -0.2) is 15.3 Å². The summed E-state index contributed by atoms with van der Waals surface area (Å²) in [4.78, 5) is 18.7. The monoisotopic (exact) mass is 423 g/mol. The molecule has 152 valence electrons. The number of amides is 1. The van der Waals surface area contributed by atoms with Crippen LogP contribution in [-0.2, 0) is 11.2 Å². The third-order valence-electron chi connectivity index (χ3n) is 5.27. The fraction of sp³-hybridized carbons (Fsp3) is 0.0769. The van der Waals surface area contributed by atoms with Crippen LogP contribution in [0.2, 0.25) is 0 Å². The van der Waals surface area contributed by atoms with Gasteiger partial charge in [-0.2, -0.15) is 0 Å². The van der Waals surface area contributed by atoms with E-state index in [9.17, 15) is 4.79 Å². The Morgan fingerprint density at radius 3 is 2.06 bits per heavy atom. The second kappa shape index (κ2) is 8.58. The molecular formula is C26H21N3OS. The lowest BCUT2D eigenvalue weighted by Crippen LogP contribution is -2.30. The van der Waals surface area contributed by atoms with Crippen LogP contribution in [0.4, 0.5) is 0 Å². The van der Waals surface area contributed by atoms with Crippen molar-refractivity contribution in [2.45, 2.75) is 12.5 Å². The molecule has 5 rings (SSSR count). The van der Waals surface area contributed by atoms with Crippen molar-refractivity contribution in [1.29, 1.82) is 0 Å². The normalized spacial score (nSPS) is 11.1.